The van der Waals surface area contributed by atoms with Crippen molar-refractivity contribution in [2.75, 3.05) is 44.2 Å². The molecule has 0 radical (unpaired) electrons. The van der Waals surface area contributed by atoms with Gasteiger partial charge >= 0.3 is 0 Å². The van der Waals surface area contributed by atoms with Gasteiger partial charge in [0.15, 0.2) is 17.2 Å². The molecule has 32 heavy (non-hydrogen) atoms. The fourth-order valence-corrected chi connectivity index (χ4v) is 6.06. The Labute approximate surface area is 195 Å². The topological polar surface area (TPSA) is 23.6 Å². The van der Waals surface area contributed by atoms with Crippen LogP contribution in [0.1, 0.15) is 45.1 Å². The molecule has 4 aliphatic heterocycles. The number of anilines is 1. The molecule has 0 atom stereocenters. The van der Waals surface area contributed by atoms with E-state index in [1.165, 1.54) is 30.2 Å². The Morgan fingerprint density at radius 3 is 2.34 bits per heavy atom. The third-order valence-corrected chi connectivity index (χ3v) is 7.80. The lowest BCUT2D eigenvalue weighted by molar-refractivity contribution is -0.140. The number of carbonyl (C=O) groups is 1. The van der Waals surface area contributed by atoms with Crippen molar-refractivity contribution < 1.29 is 9.18 Å². The first kappa shape index (κ1) is 21.7. The molecule has 2 saturated heterocycles. The number of hydrogen-bond acceptors (Lipinski definition) is 2. The predicted octanol–water partition coefficient (Wildman–Crippen LogP) is 5.70. The second-order valence-corrected chi connectivity index (χ2v) is 11.0. The zero-order valence-corrected chi connectivity index (χ0v) is 20.0. The molecule has 0 aliphatic carbocycles. The van der Waals surface area contributed by atoms with Crippen LogP contribution in [0, 0.1) is 11.2 Å². The van der Waals surface area contributed by atoms with Crippen LogP contribution < -0.4 is 9.38 Å². The summed E-state index contributed by atoms with van der Waals surface area (Å²) >= 11 is 6.12. The number of benzene rings is 2. The van der Waals surface area contributed by atoms with E-state index in [2.05, 4.69) is 23.1 Å². The molecule has 4 heterocycles. The van der Waals surface area contributed by atoms with Gasteiger partial charge < -0.3 is 9.80 Å². The van der Waals surface area contributed by atoms with Gasteiger partial charge in [0.2, 0.25) is 5.91 Å². The zero-order valence-electron chi connectivity index (χ0n) is 19.2. The number of quaternary nitrogens is 1. The molecule has 0 saturated carbocycles. The Hall–Kier alpha value is -2.11. The van der Waals surface area contributed by atoms with Crippen molar-refractivity contribution in [2.45, 2.75) is 39.5 Å². The second kappa shape index (κ2) is 7.74. The average Bonchev–Trinajstić information content (AvgIpc) is 2.78. The predicted molar refractivity (Wildman–Crippen MR) is 129 cm³/mol. The fraction of sp³-hybridized carbons (Fsp3) is 0.500. The third kappa shape index (κ3) is 3.41. The minimum atomic E-state index is -0.421. The van der Waals surface area contributed by atoms with Crippen LogP contribution in [0.2, 0.25) is 5.02 Å². The summed E-state index contributed by atoms with van der Waals surface area (Å²) in [6.45, 7) is 10.5. The van der Waals surface area contributed by atoms with Crippen molar-refractivity contribution >= 4 is 34.6 Å². The molecule has 0 spiro atoms. The molecular formula is C26H32ClFN3O+. The standard InChI is InChI=1S/C26H32ClFN3O/c1-26(2,3)25(32)30-13-15-31(16-14-30,22-8-7-19(27)17-21(22)28)23-6-4-5-20-18-9-11-29(12-10-18)24(20)23/h4-8,17-18H,9-16H2,1-3H3/q+1. The summed E-state index contributed by atoms with van der Waals surface area (Å²) in [5.74, 6) is 0.472. The molecule has 0 N–H and O–H groups in total. The number of fused-ring (bicyclic) bond motifs is 2. The summed E-state index contributed by atoms with van der Waals surface area (Å²) in [7, 11) is 0. The maximum absolute atomic E-state index is 15.4. The van der Waals surface area contributed by atoms with Crippen LogP contribution in [-0.4, -0.2) is 50.1 Å². The van der Waals surface area contributed by atoms with Gasteiger partial charge in [-0.1, -0.05) is 44.5 Å². The molecule has 1 amide bonds. The van der Waals surface area contributed by atoms with Gasteiger partial charge in [-0.3, -0.25) is 9.28 Å². The van der Waals surface area contributed by atoms with E-state index in [1.54, 1.807) is 6.07 Å². The monoisotopic (exact) mass is 456 g/mol. The highest BCUT2D eigenvalue weighted by molar-refractivity contribution is 6.30. The number of piperidine rings is 1. The molecule has 2 bridgehead atoms. The number of nitrogens with zero attached hydrogens (tertiary/aromatic N) is 3. The summed E-state index contributed by atoms with van der Waals surface area (Å²) in [4.78, 5) is 17.4. The van der Waals surface area contributed by atoms with Crippen LogP contribution in [0.3, 0.4) is 0 Å². The van der Waals surface area contributed by atoms with Crippen LogP contribution >= 0.6 is 11.6 Å². The highest BCUT2D eigenvalue weighted by Gasteiger charge is 2.46. The Morgan fingerprint density at radius 2 is 1.72 bits per heavy atom. The SMILES string of the molecule is CC(C)(C)C(=O)N1CC[N+](c2ccc(Cl)cc2F)(c2cccc3c2N2CCC3CC2)CC1. The van der Waals surface area contributed by atoms with Gasteiger partial charge in [-0.15, -0.1) is 0 Å². The van der Waals surface area contributed by atoms with Crippen LogP contribution in [0.5, 0.6) is 0 Å². The number of rotatable bonds is 2. The summed E-state index contributed by atoms with van der Waals surface area (Å²) in [5, 5.41) is 0.406. The van der Waals surface area contributed by atoms with Crippen LogP contribution in [0.25, 0.3) is 0 Å². The lowest BCUT2D eigenvalue weighted by atomic mass is 9.82. The molecule has 2 aromatic rings. The van der Waals surface area contributed by atoms with Gasteiger partial charge in [0.05, 0.1) is 13.1 Å². The molecule has 2 aromatic carbocycles. The van der Waals surface area contributed by atoms with Crippen LogP contribution in [0.4, 0.5) is 21.5 Å². The first-order valence-corrected chi connectivity index (χ1v) is 12.1. The Balaban J connectivity index is 1.63. The Morgan fingerprint density at radius 1 is 1.03 bits per heavy atom. The van der Waals surface area contributed by atoms with Crippen molar-refractivity contribution in [2.24, 2.45) is 5.41 Å². The average molecular weight is 457 g/mol. The number of piperazine rings is 1. The zero-order chi connectivity index (χ0) is 22.7. The maximum atomic E-state index is 15.4. The summed E-state index contributed by atoms with van der Waals surface area (Å²) < 4.78 is 15.9. The first-order chi connectivity index (χ1) is 15.2. The molecule has 0 aromatic heterocycles. The molecule has 4 nitrogen and oxygen atoms in total. The van der Waals surface area contributed by atoms with Crippen molar-refractivity contribution in [1.29, 1.82) is 0 Å². The molecule has 2 fully saturated rings. The highest BCUT2D eigenvalue weighted by Crippen LogP contribution is 2.51. The number of carbonyl (C=O) groups excluding carboxylic acids is 1. The maximum Gasteiger partial charge on any atom is 0.228 e. The lowest BCUT2D eigenvalue weighted by Crippen LogP contribution is -2.60. The summed E-state index contributed by atoms with van der Waals surface area (Å²) in [5.41, 5.74) is 4.08. The number of halogens is 2. The van der Waals surface area contributed by atoms with Gasteiger partial charge in [-0.25, -0.2) is 4.39 Å². The first-order valence-electron chi connectivity index (χ1n) is 11.7. The van der Waals surface area contributed by atoms with E-state index < -0.39 is 5.41 Å². The molecule has 6 rings (SSSR count). The Bertz CT molecular complexity index is 1050. The summed E-state index contributed by atoms with van der Waals surface area (Å²) in [6.07, 6.45) is 2.39. The van der Waals surface area contributed by atoms with E-state index in [4.69, 9.17) is 11.6 Å². The van der Waals surface area contributed by atoms with Crippen LogP contribution in [0.15, 0.2) is 36.4 Å². The smallest absolute Gasteiger partial charge is 0.228 e. The number of amides is 1. The van der Waals surface area contributed by atoms with E-state index in [-0.39, 0.29) is 11.7 Å². The highest BCUT2D eigenvalue weighted by atomic mass is 35.5. The van der Waals surface area contributed by atoms with Gasteiger partial charge in [0, 0.05) is 35.7 Å². The molecular weight excluding hydrogens is 425 g/mol. The van der Waals surface area contributed by atoms with Gasteiger partial charge in [0.1, 0.15) is 18.8 Å². The van der Waals surface area contributed by atoms with E-state index in [0.717, 1.165) is 18.8 Å². The molecule has 170 valence electrons. The van der Waals surface area contributed by atoms with Crippen molar-refractivity contribution in [3.8, 4) is 0 Å². The lowest BCUT2D eigenvalue weighted by Gasteiger charge is -2.49. The van der Waals surface area contributed by atoms with Crippen molar-refractivity contribution in [3.05, 3.63) is 52.8 Å². The second-order valence-electron chi connectivity index (χ2n) is 10.5. The fourth-order valence-electron chi connectivity index (χ4n) is 5.91. The molecule has 6 heteroatoms. The molecule has 4 aliphatic rings. The minimum Gasteiger partial charge on any atom is -0.366 e. The van der Waals surface area contributed by atoms with E-state index in [9.17, 15) is 4.79 Å². The van der Waals surface area contributed by atoms with Crippen molar-refractivity contribution in [3.63, 3.8) is 0 Å². The normalized spacial score (nSPS) is 20.4. The largest absolute Gasteiger partial charge is 0.366 e. The van der Waals surface area contributed by atoms with Crippen LogP contribution in [-0.2, 0) is 4.79 Å². The van der Waals surface area contributed by atoms with Gasteiger partial charge in [0.25, 0.3) is 0 Å². The van der Waals surface area contributed by atoms with E-state index >= 15 is 4.39 Å². The number of para-hydroxylation sites is 1. The quantitative estimate of drug-likeness (QED) is 0.541. The third-order valence-electron chi connectivity index (χ3n) is 7.56. The van der Waals surface area contributed by atoms with Gasteiger partial charge in [-0.05, 0) is 36.5 Å². The number of hydrogen-bond donors (Lipinski definition) is 0. The minimum absolute atomic E-state index is 0.157. The van der Waals surface area contributed by atoms with E-state index in [0.29, 0.717) is 47.3 Å². The molecule has 0 unspecified atom stereocenters. The van der Waals surface area contributed by atoms with Gasteiger partial charge in [-0.2, -0.15) is 0 Å². The summed E-state index contributed by atoms with van der Waals surface area (Å²) in [6, 6.07) is 11.6. The Kier molecular flexibility index (Phi) is 5.25. The van der Waals surface area contributed by atoms with E-state index in [1.807, 2.05) is 31.7 Å². The van der Waals surface area contributed by atoms with Crippen molar-refractivity contribution in [1.82, 2.24) is 9.38 Å².